The summed E-state index contributed by atoms with van der Waals surface area (Å²) in [4.78, 5) is 44.1. The van der Waals surface area contributed by atoms with E-state index in [1.807, 2.05) is 43.5 Å². The molecule has 1 aromatic heterocycles. The van der Waals surface area contributed by atoms with Crippen LogP contribution < -0.4 is 30.2 Å². The number of fused-ring (bicyclic) bond motifs is 1. The SMILES string of the molecule is CCC(Sc1cccc(NC(=O)/C(=C\c2cc(OC)c(OC)c(OC)c2)NC(=O)c2ccccc2)c1)C(=O)Nc1ccc2cc[nH]c2c1. The van der Waals surface area contributed by atoms with Crippen molar-refractivity contribution in [1.29, 1.82) is 0 Å². The number of carbonyl (C=O) groups excluding carboxylic acids is 3. The van der Waals surface area contributed by atoms with Gasteiger partial charge in [-0.2, -0.15) is 0 Å². The molecule has 5 rings (SSSR count). The lowest BCUT2D eigenvalue weighted by atomic mass is 10.1. The molecule has 4 aromatic carbocycles. The van der Waals surface area contributed by atoms with Crippen molar-refractivity contribution in [2.75, 3.05) is 32.0 Å². The van der Waals surface area contributed by atoms with Gasteiger partial charge in [-0.1, -0.05) is 37.3 Å². The van der Waals surface area contributed by atoms with Gasteiger partial charge in [0.15, 0.2) is 11.5 Å². The molecule has 48 heavy (non-hydrogen) atoms. The Morgan fingerprint density at radius 3 is 2.23 bits per heavy atom. The van der Waals surface area contributed by atoms with Gasteiger partial charge in [0.25, 0.3) is 11.8 Å². The molecule has 1 unspecified atom stereocenters. The second-order valence-electron chi connectivity index (χ2n) is 10.6. The van der Waals surface area contributed by atoms with Gasteiger partial charge in [-0.3, -0.25) is 14.4 Å². The number of hydrogen-bond donors (Lipinski definition) is 4. The molecule has 0 aliphatic heterocycles. The molecule has 1 atom stereocenters. The quantitative estimate of drug-likeness (QED) is 0.0779. The van der Waals surface area contributed by atoms with E-state index in [1.54, 1.807) is 60.7 Å². The van der Waals surface area contributed by atoms with Crippen LogP contribution in [0.3, 0.4) is 0 Å². The van der Waals surface area contributed by atoms with Gasteiger partial charge in [-0.15, -0.1) is 11.8 Å². The number of benzene rings is 4. The van der Waals surface area contributed by atoms with Crippen LogP contribution in [-0.4, -0.2) is 49.3 Å². The predicted molar refractivity (Wildman–Crippen MR) is 190 cm³/mol. The summed E-state index contributed by atoms with van der Waals surface area (Å²) in [7, 11) is 4.49. The van der Waals surface area contributed by atoms with Gasteiger partial charge in [0.1, 0.15) is 5.70 Å². The highest BCUT2D eigenvalue weighted by atomic mass is 32.2. The minimum absolute atomic E-state index is 0.0129. The van der Waals surface area contributed by atoms with Crippen LogP contribution in [0.5, 0.6) is 17.2 Å². The average molecular weight is 665 g/mol. The Balaban J connectivity index is 1.36. The third-order valence-corrected chi connectivity index (χ3v) is 8.74. The predicted octanol–water partition coefficient (Wildman–Crippen LogP) is 7.11. The standard InChI is InChI=1S/C37H36N4O6S/c1-5-33(37(44)40-27-15-14-24-16-17-38-29(24)22-27)48-28-13-9-12-26(21-28)39-36(43)30(41-35(42)25-10-7-6-8-11-25)18-23-19-31(45-2)34(47-4)32(20-23)46-3/h6-22,33,38H,5H2,1-4H3,(H,39,43)(H,40,44)(H,41,42)/b30-18+. The van der Waals surface area contributed by atoms with Crippen molar-refractivity contribution in [3.05, 3.63) is 114 Å². The third-order valence-electron chi connectivity index (χ3n) is 7.38. The fourth-order valence-electron chi connectivity index (χ4n) is 4.97. The number of aromatic amines is 1. The van der Waals surface area contributed by atoms with Crippen molar-refractivity contribution in [2.24, 2.45) is 0 Å². The molecule has 0 spiro atoms. The van der Waals surface area contributed by atoms with Gasteiger partial charge in [0.2, 0.25) is 11.7 Å². The summed E-state index contributed by atoms with van der Waals surface area (Å²) in [6, 6.07) is 26.9. The molecule has 246 valence electrons. The summed E-state index contributed by atoms with van der Waals surface area (Å²) in [5, 5.41) is 9.33. The second kappa shape index (κ2) is 15.7. The zero-order valence-corrected chi connectivity index (χ0v) is 27.8. The van der Waals surface area contributed by atoms with Crippen LogP contribution in [-0.2, 0) is 9.59 Å². The summed E-state index contributed by atoms with van der Waals surface area (Å²) >= 11 is 1.40. The van der Waals surface area contributed by atoms with Crippen molar-refractivity contribution >= 4 is 57.8 Å². The normalized spacial score (nSPS) is 11.8. The first kappa shape index (κ1) is 33.7. The molecule has 0 aliphatic carbocycles. The molecule has 0 saturated carbocycles. The Hall–Kier alpha value is -5.68. The maximum Gasteiger partial charge on any atom is 0.272 e. The van der Waals surface area contributed by atoms with E-state index in [0.29, 0.717) is 46.2 Å². The lowest BCUT2D eigenvalue weighted by Crippen LogP contribution is -2.30. The van der Waals surface area contributed by atoms with Gasteiger partial charge in [-0.25, -0.2) is 0 Å². The summed E-state index contributed by atoms with van der Waals surface area (Å²) < 4.78 is 16.4. The van der Waals surface area contributed by atoms with Crippen LogP contribution in [0.2, 0.25) is 0 Å². The van der Waals surface area contributed by atoms with E-state index in [1.165, 1.54) is 39.2 Å². The van der Waals surface area contributed by atoms with E-state index in [-0.39, 0.29) is 16.9 Å². The Morgan fingerprint density at radius 1 is 0.812 bits per heavy atom. The molecular weight excluding hydrogens is 628 g/mol. The van der Waals surface area contributed by atoms with Crippen LogP contribution in [0, 0.1) is 0 Å². The molecule has 4 N–H and O–H groups in total. The maximum absolute atomic E-state index is 13.7. The summed E-state index contributed by atoms with van der Waals surface area (Å²) in [6.45, 7) is 1.95. The number of aromatic nitrogens is 1. The Labute approximate surface area is 282 Å². The number of ether oxygens (including phenoxy) is 3. The molecule has 10 nitrogen and oxygen atoms in total. The van der Waals surface area contributed by atoms with Crippen molar-refractivity contribution in [1.82, 2.24) is 10.3 Å². The summed E-state index contributed by atoms with van der Waals surface area (Å²) in [6.07, 6.45) is 3.97. The first-order chi connectivity index (χ1) is 23.3. The molecule has 0 saturated heterocycles. The number of methoxy groups -OCH3 is 3. The Bertz CT molecular complexity index is 1930. The monoisotopic (exact) mass is 664 g/mol. The van der Waals surface area contributed by atoms with Crippen LogP contribution in [0.4, 0.5) is 11.4 Å². The minimum Gasteiger partial charge on any atom is -0.493 e. The van der Waals surface area contributed by atoms with Crippen LogP contribution >= 0.6 is 11.8 Å². The van der Waals surface area contributed by atoms with E-state index in [0.717, 1.165) is 15.8 Å². The number of carbonyl (C=O) groups is 3. The van der Waals surface area contributed by atoms with Crippen LogP contribution in [0.25, 0.3) is 17.0 Å². The van der Waals surface area contributed by atoms with Crippen molar-refractivity contribution in [2.45, 2.75) is 23.5 Å². The largest absolute Gasteiger partial charge is 0.493 e. The number of H-pyrrole nitrogens is 1. The average Bonchev–Trinajstić information content (AvgIpc) is 3.58. The van der Waals surface area contributed by atoms with Crippen molar-refractivity contribution in [3.63, 3.8) is 0 Å². The molecular formula is C37H36N4O6S. The van der Waals surface area contributed by atoms with E-state index >= 15 is 0 Å². The molecule has 1 heterocycles. The number of amides is 3. The molecule has 11 heteroatoms. The van der Waals surface area contributed by atoms with E-state index < -0.39 is 11.8 Å². The highest BCUT2D eigenvalue weighted by Crippen LogP contribution is 2.39. The second-order valence-corrected chi connectivity index (χ2v) is 11.9. The lowest BCUT2D eigenvalue weighted by molar-refractivity contribution is -0.116. The Kier molecular flexibility index (Phi) is 11.0. The zero-order chi connectivity index (χ0) is 34.0. The summed E-state index contributed by atoms with van der Waals surface area (Å²) in [5.74, 6) is 0.0387. The number of rotatable bonds is 13. The molecule has 0 aliphatic rings. The Morgan fingerprint density at radius 2 is 1.54 bits per heavy atom. The maximum atomic E-state index is 13.7. The van der Waals surface area contributed by atoms with Gasteiger partial charge in [0.05, 0.1) is 26.6 Å². The zero-order valence-electron chi connectivity index (χ0n) is 27.0. The molecule has 0 bridgehead atoms. The van der Waals surface area contributed by atoms with Gasteiger partial charge < -0.3 is 35.1 Å². The smallest absolute Gasteiger partial charge is 0.272 e. The fraction of sp³-hybridized carbons (Fsp3) is 0.162. The van der Waals surface area contributed by atoms with Crippen molar-refractivity contribution < 1.29 is 28.6 Å². The molecule has 3 amide bonds. The van der Waals surface area contributed by atoms with E-state index in [9.17, 15) is 14.4 Å². The van der Waals surface area contributed by atoms with Crippen LogP contribution in [0.15, 0.2) is 108 Å². The van der Waals surface area contributed by atoms with Gasteiger partial charge in [-0.05, 0) is 84.1 Å². The number of thioether (sulfide) groups is 1. The van der Waals surface area contributed by atoms with E-state index in [2.05, 4.69) is 20.9 Å². The molecule has 5 aromatic rings. The van der Waals surface area contributed by atoms with Gasteiger partial charge in [0, 0.05) is 33.5 Å². The highest BCUT2D eigenvalue weighted by Gasteiger charge is 2.20. The number of nitrogens with one attached hydrogen (secondary N) is 4. The first-order valence-electron chi connectivity index (χ1n) is 15.2. The first-order valence-corrected chi connectivity index (χ1v) is 16.0. The molecule has 0 fully saturated rings. The van der Waals surface area contributed by atoms with E-state index in [4.69, 9.17) is 14.2 Å². The number of anilines is 2. The lowest BCUT2D eigenvalue weighted by Gasteiger charge is -2.16. The third kappa shape index (κ3) is 8.18. The fourth-order valence-corrected chi connectivity index (χ4v) is 5.99. The highest BCUT2D eigenvalue weighted by molar-refractivity contribution is 8.00. The number of hydrogen-bond acceptors (Lipinski definition) is 7. The van der Waals surface area contributed by atoms with Crippen molar-refractivity contribution in [3.8, 4) is 17.2 Å². The molecule has 0 radical (unpaired) electrons. The summed E-state index contributed by atoms with van der Waals surface area (Å²) in [5.41, 5.74) is 3.04. The van der Waals surface area contributed by atoms with Gasteiger partial charge >= 0.3 is 0 Å². The minimum atomic E-state index is -0.556. The topological polar surface area (TPSA) is 131 Å². The van der Waals surface area contributed by atoms with Crippen LogP contribution in [0.1, 0.15) is 29.3 Å².